The highest BCUT2D eigenvalue weighted by Crippen LogP contribution is 2.50. The Kier molecular flexibility index (Phi) is 0.929. The second-order valence-electron chi connectivity index (χ2n) is 3.78. The summed E-state index contributed by atoms with van der Waals surface area (Å²) in [6, 6.07) is 0. The minimum Gasteiger partial charge on any atom is -0.502 e. The normalized spacial score (nSPS) is 23.3. The molecular formula is C8H10N2O2. The average molecular weight is 166 g/mol. The molecule has 2 aliphatic rings. The van der Waals surface area contributed by atoms with Gasteiger partial charge in [0.1, 0.15) is 0 Å². The molecule has 0 aromatic carbocycles. The highest BCUT2D eigenvalue weighted by Gasteiger charge is 2.47. The number of aromatic hydroxyl groups is 1. The molecule has 0 saturated heterocycles. The van der Waals surface area contributed by atoms with Gasteiger partial charge in [0.25, 0.3) is 5.88 Å². The Morgan fingerprint density at radius 2 is 2.42 bits per heavy atom. The van der Waals surface area contributed by atoms with Crippen molar-refractivity contribution in [2.75, 3.05) is 6.61 Å². The zero-order chi connectivity index (χ0) is 8.18. The summed E-state index contributed by atoms with van der Waals surface area (Å²) >= 11 is 0. The number of nitrogens with zero attached hydrogens (tertiary/aromatic N) is 2. The van der Waals surface area contributed by atoms with E-state index in [1.807, 2.05) is 0 Å². The molecule has 1 aromatic heterocycles. The van der Waals surface area contributed by atoms with Crippen molar-refractivity contribution >= 4 is 0 Å². The van der Waals surface area contributed by atoms with Crippen LogP contribution in [0.5, 0.6) is 11.6 Å². The van der Waals surface area contributed by atoms with Crippen molar-refractivity contribution in [3.8, 4) is 11.6 Å². The number of ether oxygens (including phenoxy) is 1. The molecule has 0 bridgehead atoms. The van der Waals surface area contributed by atoms with Gasteiger partial charge >= 0.3 is 0 Å². The van der Waals surface area contributed by atoms with Crippen LogP contribution in [0.3, 0.4) is 0 Å². The first-order chi connectivity index (χ1) is 5.79. The summed E-state index contributed by atoms with van der Waals surface area (Å²) in [4.78, 5) is 0. The second-order valence-corrected chi connectivity index (χ2v) is 3.78. The topological polar surface area (TPSA) is 47.3 Å². The van der Waals surface area contributed by atoms with Crippen molar-refractivity contribution in [2.24, 2.45) is 5.41 Å². The molecule has 1 saturated carbocycles. The summed E-state index contributed by atoms with van der Waals surface area (Å²) in [7, 11) is 0. The SMILES string of the molecule is Oc1cnn2c1OCC1(CC1)C2. The molecule has 4 heteroatoms. The van der Waals surface area contributed by atoms with Gasteiger partial charge in [-0.05, 0) is 12.8 Å². The van der Waals surface area contributed by atoms with Crippen LogP contribution < -0.4 is 4.74 Å². The number of fused-ring (bicyclic) bond motifs is 1. The van der Waals surface area contributed by atoms with Gasteiger partial charge in [-0.2, -0.15) is 5.10 Å². The Labute approximate surface area is 69.8 Å². The van der Waals surface area contributed by atoms with Crippen LogP contribution in [-0.4, -0.2) is 21.5 Å². The number of hydrogen-bond donors (Lipinski definition) is 1. The van der Waals surface area contributed by atoms with Crippen molar-refractivity contribution in [1.29, 1.82) is 0 Å². The maximum absolute atomic E-state index is 9.28. The Morgan fingerprint density at radius 1 is 1.58 bits per heavy atom. The van der Waals surface area contributed by atoms with E-state index in [1.54, 1.807) is 4.68 Å². The predicted octanol–water partition coefficient (Wildman–Crippen LogP) is 0.761. The quantitative estimate of drug-likeness (QED) is 0.619. The van der Waals surface area contributed by atoms with Gasteiger partial charge < -0.3 is 9.84 Å². The lowest BCUT2D eigenvalue weighted by molar-refractivity contribution is 0.143. The number of rotatable bonds is 0. The van der Waals surface area contributed by atoms with E-state index in [2.05, 4.69) is 5.10 Å². The predicted molar refractivity (Wildman–Crippen MR) is 41.1 cm³/mol. The molecule has 64 valence electrons. The van der Waals surface area contributed by atoms with Crippen molar-refractivity contribution in [3.05, 3.63) is 6.20 Å². The van der Waals surface area contributed by atoms with E-state index < -0.39 is 0 Å². The van der Waals surface area contributed by atoms with Crippen molar-refractivity contribution < 1.29 is 9.84 Å². The first kappa shape index (κ1) is 6.34. The number of hydrogen-bond acceptors (Lipinski definition) is 3. The van der Waals surface area contributed by atoms with Gasteiger partial charge in [-0.3, -0.25) is 0 Å². The van der Waals surface area contributed by atoms with E-state index in [1.165, 1.54) is 19.0 Å². The third-order valence-corrected chi connectivity index (χ3v) is 2.73. The van der Waals surface area contributed by atoms with Crippen LogP contribution in [0.25, 0.3) is 0 Å². The third kappa shape index (κ3) is 0.695. The highest BCUT2D eigenvalue weighted by atomic mass is 16.5. The van der Waals surface area contributed by atoms with Gasteiger partial charge in [-0.25, -0.2) is 4.68 Å². The standard InChI is InChI=1S/C8H10N2O2/c11-6-3-9-10-4-8(1-2-8)5-12-7(6)10/h3,11H,1-2,4-5H2. The fourth-order valence-corrected chi connectivity index (χ4v) is 1.69. The molecule has 1 spiro atoms. The summed E-state index contributed by atoms with van der Waals surface area (Å²) in [6.45, 7) is 1.65. The van der Waals surface area contributed by atoms with Crippen LogP contribution in [0.2, 0.25) is 0 Å². The smallest absolute Gasteiger partial charge is 0.255 e. The fourth-order valence-electron chi connectivity index (χ4n) is 1.69. The lowest BCUT2D eigenvalue weighted by Gasteiger charge is -2.23. The third-order valence-electron chi connectivity index (χ3n) is 2.73. The Hall–Kier alpha value is -1.19. The molecule has 1 aliphatic carbocycles. The van der Waals surface area contributed by atoms with Gasteiger partial charge in [0.15, 0.2) is 5.75 Å². The minimum absolute atomic E-state index is 0.158. The molecule has 0 atom stereocenters. The highest BCUT2D eigenvalue weighted by molar-refractivity contribution is 5.31. The minimum atomic E-state index is 0.158. The molecular weight excluding hydrogens is 156 g/mol. The van der Waals surface area contributed by atoms with Crippen LogP contribution in [0.4, 0.5) is 0 Å². The summed E-state index contributed by atoms with van der Waals surface area (Å²) < 4.78 is 7.18. The zero-order valence-corrected chi connectivity index (χ0v) is 6.66. The molecule has 1 fully saturated rings. The van der Waals surface area contributed by atoms with Crippen molar-refractivity contribution in [1.82, 2.24) is 9.78 Å². The van der Waals surface area contributed by atoms with Crippen LogP contribution in [0, 0.1) is 5.41 Å². The molecule has 1 N–H and O–H groups in total. The van der Waals surface area contributed by atoms with Crippen molar-refractivity contribution in [3.63, 3.8) is 0 Å². The summed E-state index contributed by atoms with van der Waals surface area (Å²) in [5.74, 6) is 0.693. The van der Waals surface area contributed by atoms with E-state index in [4.69, 9.17) is 4.74 Å². The van der Waals surface area contributed by atoms with Gasteiger partial charge in [0.05, 0.1) is 19.3 Å². The fraction of sp³-hybridized carbons (Fsp3) is 0.625. The molecule has 3 rings (SSSR count). The van der Waals surface area contributed by atoms with Gasteiger partial charge in [-0.1, -0.05) is 0 Å². The molecule has 1 aromatic rings. The molecule has 1 aliphatic heterocycles. The largest absolute Gasteiger partial charge is 0.502 e. The van der Waals surface area contributed by atoms with Crippen LogP contribution >= 0.6 is 0 Å². The Morgan fingerprint density at radius 3 is 3.17 bits per heavy atom. The lowest BCUT2D eigenvalue weighted by atomic mass is 10.1. The first-order valence-corrected chi connectivity index (χ1v) is 4.17. The van der Waals surface area contributed by atoms with E-state index in [0.29, 0.717) is 11.3 Å². The van der Waals surface area contributed by atoms with Crippen LogP contribution in [0.15, 0.2) is 6.20 Å². The maximum Gasteiger partial charge on any atom is 0.255 e. The van der Waals surface area contributed by atoms with E-state index in [0.717, 1.165) is 13.2 Å². The summed E-state index contributed by atoms with van der Waals surface area (Å²) in [5, 5.41) is 13.3. The lowest BCUT2D eigenvalue weighted by Crippen LogP contribution is -2.26. The Balaban J connectivity index is 2.02. The van der Waals surface area contributed by atoms with E-state index >= 15 is 0 Å². The maximum atomic E-state index is 9.28. The van der Waals surface area contributed by atoms with Crippen LogP contribution in [0.1, 0.15) is 12.8 Å². The van der Waals surface area contributed by atoms with Gasteiger partial charge in [0.2, 0.25) is 0 Å². The monoisotopic (exact) mass is 166 g/mol. The molecule has 0 amide bonds. The number of aromatic nitrogens is 2. The summed E-state index contributed by atoms with van der Waals surface area (Å²) in [6.07, 6.45) is 3.90. The molecule has 2 heterocycles. The summed E-state index contributed by atoms with van der Waals surface area (Å²) in [5.41, 5.74) is 0.353. The van der Waals surface area contributed by atoms with Gasteiger partial charge in [-0.15, -0.1) is 0 Å². The first-order valence-electron chi connectivity index (χ1n) is 4.17. The molecule has 12 heavy (non-hydrogen) atoms. The van der Waals surface area contributed by atoms with E-state index in [9.17, 15) is 5.11 Å². The van der Waals surface area contributed by atoms with Crippen LogP contribution in [-0.2, 0) is 6.54 Å². The zero-order valence-electron chi connectivity index (χ0n) is 6.66. The second kappa shape index (κ2) is 1.76. The molecule has 4 nitrogen and oxygen atoms in total. The van der Waals surface area contributed by atoms with Gasteiger partial charge in [0, 0.05) is 5.41 Å². The molecule has 0 radical (unpaired) electrons. The van der Waals surface area contributed by atoms with E-state index in [-0.39, 0.29) is 5.75 Å². The Bertz CT molecular complexity index is 328. The average Bonchev–Trinajstić information content (AvgIpc) is 2.71. The van der Waals surface area contributed by atoms with Crippen molar-refractivity contribution in [2.45, 2.75) is 19.4 Å². The molecule has 0 unspecified atom stereocenters.